The molecule has 31 heavy (non-hydrogen) atoms. The molecular weight excluding hydrogens is 411 g/mol. The molecule has 0 aliphatic heterocycles. The second-order valence-electron chi connectivity index (χ2n) is 9.37. The molecule has 3 rings (SSSR count). The first-order chi connectivity index (χ1) is 14.6. The number of hydrogen-bond acceptors (Lipinski definition) is 4. The zero-order valence-corrected chi connectivity index (χ0v) is 20.3. The van der Waals surface area contributed by atoms with Crippen LogP contribution in [0.5, 0.6) is 5.75 Å². The number of hydrogen-bond donors (Lipinski definition) is 1. The number of ether oxygens (including phenoxy) is 2. The van der Waals surface area contributed by atoms with Crippen LogP contribution >= 0.6 is 0 Å². The van der Waals surface area contributed by atoms with Crippen molar-refractivity contribution in [3.8, 4) is 17.0 Å². The highest BCUT2D eigenvalue weighted by atomic mass is 28.3. The van der Waals surface area contributed by atoms with Crippen LogP contribution in [-0.2, 0) is 17.1 Å². The van der Waals surface area contributed by atoms with E-state index >= 15 is 0 Å². The molecule has 0 amide bonds. The number of pyridine rings is 1. The highest BCUT2D eigenvalue weighted by Gasteiger charge is 2.25. The van der Waals surface area contributed by atoms with Crippen LogP contribution in [0.3, 0.4) is 0 Å². The predicted molar refractivity (Wildman–Crippen MR) is 126 cm³/mol. The lowest BCUT2D eigenvalue weighted by Crippen LogP contribution is -2.22. The summed E-state index contributed by atoms with van der Waals surface area (Å²) in [6.07, 6.45) is 2.38. The third-order valence-electron chi connectivity index (χ3n) is 5.65. The SMILES string of the molecule is CCC(C)(O)c1ccc(OC)c(-c2cn(COCC[Si](C)(C)C)c3c(F)cccc23)n1. The summed E-state index contributed by atoms with van der Waals surface area (Å²) in [6.45, 7) is 11.5. The first-order valence-corrected chi connectivity index (χ1v) is 14.4. The van der Waals surface area contributed by atoms with Gasteiger partial charge in [-0.3, -0.25) is 0 Å². The summed E-state index contributed by atoms with van der Waals surface area (Å²) in [6, 6.07) is 9.63. The van der Waals surface area contributed by atoms with E-state index < -0.39 is 13.7 Å². The van der Waals surface area contributed by atoms with Crippen LogP contribution in [0.4, 0.5) is 4.39 Å². The van der Waals surface area contributed by atoms with Crippen LogP contribution in [0.2, 0.25) is 25.7 Å². The molecule has 0 spiro atoms. The number of nitrogens with zero attached hydrogens (tertiary/aromatic N) is 2. The minimum absolute atomic E-state index is 0.261. The summed E-state index contributed by atoms with van der Waals surface area (Å²) in [5, 5.41) is 11.4. The number of aliphatic hydroxyl groups is 1. The number of methoxy groups -OCH3 is 1. The van der Waals surface area contributed by atoms with Gasteiger partial charge in [0.05, 0.1) is 18.3 Å². The van der Waals surface area contributed by atoms with Crippen molar-refractivity contribution in [2.24, 2.45) is 0 Å². The smallest absolute Gasteiger partial charge is 0.147 e. The van der Waals surface area contributed by atoms with Crippen LogP contribution < -0.4 is 4.74 Å². The minimum Gasteiger partial charge on any atom is -0.494 e. The summed E-state index contributed by atoms with van der Waals surface area (Å²) < 4.78 is 28.1. The van der Waals surface area contributed by atoms with E-state index in [1.165, 1.54) is 6.07 Å². The van der Waals surface area contributed by atoms with Crippen LogP contribution in [0, 0.1) is 5.82 Å². The number of rotatable bonds is 9. The maximum absolute atomic E-state index is 14.8. The lowest BCUT2D eigenvalue weighted by atomic mass is 9.97. The molecule has 168 valence electrons. The maximum Gasteiger partial charge on any atom is 0.147 e. The Morgan fingerprint density at radius 2 is 1.94 bits per heavy atom. The Balaban J connectivity index is 2.07. The van der Waals surface area contributed by atoms with Crippen molar-refractivity contribution in [1.29, 1.82) is 0 Å². The molecule has 0 fully saturated rings. The van der Waals surface area contributed by atoms with Crippen molar-refractivity contribution < 1.29 is 19.0 Å². The van der Waals surface area contributed by atoms with Gasteiger partial charge in [0, 0.05) is 31.8 Å². The van der Waals surface area contributed by atoms with E-state index in [2.05, 4.69) is 19.6 Å². The van der Waals surface area contributed by atoms with Gasteiger partial charge >= 0.3 is 0 Å². The number of aromatic nitrogens is 2. The Bertz CT molecular complexity index is 1060. The van der Waals surface area contributed by atoms with Gasteiger partial charge in [0.2, 0.25) is 0 Å². The molecule has 1 N–H and O–H groups in total. The van der Waals surface area contributed by atoms with Gasteiger partial charge in [-0.15, -0.1) is 0 Å². The summed E-state index contributed by atoms with van der Waals surface area (Å²) >= 11 is 0. The molecule has 0 radical (unpaired) electrons. The van der Waals surface area contributed by atoms with Gasteiger partial charge in [-0.05, 0) is 37.6 Å². The van der Waals surface area contributed by atoms with Gasteiger partial charge in [-0.1, -0.05) is 38.7 Å². The third-order valence-corrected chi connectivity index (χ3v) is 7.35. The molecule has 2 heterocycles. The van der Waals surface area contributed by atoms with Crippen molar-refractivity contribution in [3.05, 3.63) is 48.0 Å². The predicted octanol–water partition coefficient (Wildman–Crippen LogP) is 5.78. The Hall–Kier alpha value is -2.22. The third kappa shape index (κ3) is 5.17. The van der Waals surface area contributed by atoms with Crippen LogP contribution in [0.15, 0.2) is 36.5 Å². The van der Waals surface area contributed by atoms with Crippen LogP contribution in [-0.4, -0.2) is 36.4 Å². The molecule has 0 bridgehead atoms. The van der Waals surface area contributed by atoms with E-state index in [1.54, 1.807) is 36.8 Å². The lowest BCUT2D eigenvalue weighted by molar-refractivity contribution is 0.0486. The average Bonchev–Trinajstić information content (AvgIpc) is 3.10. The largest absolute Gasteiger partial charge is 0.494 e. The Morgan fingerprint density at radius 1 is 1.19 bits per heavy atom. The summed E-state index contributed by atoms with van der Waals surface area (Å²) in [7, 11) is 0.374. The normalized spacial score (nSPS) is 14.1. The Labute approximate surface area is 184 Å². The molecule has 5 nitrogen and oxygen atoms in total. The number of fused-ring (bicyclic) bond motifs is 1. The van der Waals surface area contributed by atoms with Gasteiger partial charge < -0.3 is 19.1 Å². The van der Waals surface area contributed by atoms with E-state index in [9.17, 15) is 9.50 Å². The van der Waals surface area contributed by atoms with Crippen molar-refractivity contribution in [1.82, 2.24) is 9.55 Å². The molecule has 1 atom stereocenters. The first-order valence-electron chi connectivity index (χ1n) is 10.7. The van der Waals surface area contributed by atoms with E-state index in [0.717, 1.165) is 17.0 Å². The van der Waals surface area contributed by atoms with E-state index in [4.69, 9.17) is 14.5 Å². The van der Waals surface area contributed by atoms with Gasteiger partial charge in [0.1, 0.15) is 29.6 Å². The topological polar surface area (TPSA) is 56.5 Å². The molecule has 1 aromatic carbocycles. The van der Waals surface area contributed by atoms with E-state index in [-0.39, 0.29) is 12.5 Å². The van der Waals surface area contributed by atoms with Crippen molar-refractivity contribution in [2.45, 2.75) is 58.3 Å². The molecule has 0 aliphatic rings. The lowest BCUT2D eigenvalue weighted by Gasteiger charge is -2.22. The molecule has 0 saturated carbocycles. The highest BCUT2D eigenvalue weighted by Crippen LogP contribution is 2.37. The summed E-state index contributed by atoms with van der Waals surface area (Å²) in [5.41, 5.74) is 1.28. The highest BCUT2D eigenvalue weighted by molar-refractivity contribution is 6.76. The van der Waals surface area contributed by atoms with Crippen molar-refractivity contribution >= 4 is 19.0 Å². The number of benzene rings is 1. The zero-order valence-electron chi connectivity index (χ0n) is 19.3. The standard InChI is InChI=1S/C24H33FN2O3Si/c1-7-24(2,28)21-12-11-20(29-3)22(26-21)18-15-27(16-30-13-14-31(4,5)6)23-17(18)9-8-10-19(23)25/h8-12,15,28H,7,13-14,16H2,1-6H3. The first kappa shape index (κ1) is 23.4. The average molecular weight is 445 g/mol. The number of para-hydroxylation sites is 1. The molecular formula is C24H33FN2O3Si. The van der Waals surface area contributed by atoms with E-state index in [0.29, 0.717) is 35.7 Å². The quantitative estimate of drug-likeness (QED) is 0.336. The molecule has 7 heteroatoms. The number of halogens is 1. The maximum atomic E-state index is 14.8. The molecule has 3 aromatic rings. The fourth-order valence-corrected chi connectivity index (χ4v) is 4.19. The van der Waals surface area contributed by atoms with Gasteiger partial charge in [0.25, 0.3) is 0 Å². The Kier molecular flexibility index (Phi) is 6.88. The van der Waals surface area contributed by atoms with Crippen molar-refractivity contribution in [2.75, 3.05) is 13.7 Å². The van der Waals surface area contributed by atoms with Gasteiger partial charge in [-0.25, -0.2) is 9.37 Å². The second-order valence-corrected chi connectivity index (χ2v) is 15.0. The van der Waals surface area contributed by atoms with Gasteiger partial charge in [0.15, 0.2) is 0 Å². The molecule has 1 unspecified atom stereocenters. The van der Waals surface area contributed by atoms with Crippen LogP contribution in [0.25, 0.3) is 22.2 Å². The fourth-order valence-electron chi connectivity index (χ4n) is 3.43. The van der Waals surface area contributed by atoms with Crippen LogP contribution in [0.1, 0.15) is 26.0 Å². The zero-order chi connectivity index (χ0) is 22.8. The second kappa shape index (κ2) is 9.10. The minimum atomic E-state index is -1.21. The summed E-state index contributed by atoms with van der Waals surface area (Å²) in [4.78, 5) is 4.73. The molecule has 2 aromatic heterocycles. The van der Waals surface area contributed by atoms with Crippen molar-refractivity contribution in [3.63, 3.8) is 0 Å². The summed E-state index contributed by atoms with van der Waals surface area (Å²) in [5.74, 6) is 0.256. The molecule has 0 saturated heterocycles. The monoisotopic (exact) mass is 444 g/mol. The molecule has 0 aliphatic carbocycles. The van der Waals surface area contributed by atoms with Gasteiger partial charge in [-0.2, -0.15) is 0 Å². The Morgan fingerprint density at radius 3 is 2.58 bits per heavy atom. The fraction of sp³-hybridized carbons (Fsp3) is 0.458. The van der Waals surface area contributed by atoms with E-state index in [1.807, 2.05) is 19.2 Å².